The number of carboxylic acids is 1. The predicted octanol–water partition coefficient (Wildman–Crippen LogP) is 1.92. The highest BCUT2D eigenvalue weighted by molar-refractivity contribution is 5.89. The van der Waals surface area contributed by atoms with Crippen molar-refractivity contribution in [3.05, 3.63) is 34.4 Å². The summed E-state index contributed by atoms with van der Waals surface area (Å²) in [4.78, 5) is 34.4. The summed E-state index contributed by atoms with van der Waals surface area (Å²) >= 11 is 0. The Balaban J connectivity index is 1.90. The van der Waals surface area contributed by atoms with E-state index in [2.05, 4.69) is 5.32 Å². The smallest absolute Gasteiger partial charge is 0.321 e. The molecule has 0 saturated carbocycles. The fraction of sp³-hybridized carbons (Fsp3) is 0.385. The van der Waals surface area contributed by atoms with E-state index in [4.69, 9.17) is 5.11 Å². The number of amides is 2. The molecule has 21 heavy (non-hydrogen) atoms. The van der Waals surface area contributed by atoms with Crippen molar-refractivity contribution in [2.75, 3.05) is 18.4 Å². The molecule has 8 heteroatoms. The molecule has 1 heterocycles. The Kier molecular flexibility index (Phi) is 4.36. The summed E-state index contributed by atoms with van der Waals surface area (Å²) in [5.74, 6) is -1.22. The highest BCUT2D eigenvalue weighted by Crippen LogP contribution is 2.19. The number of nitrogens with zero attached hydrogens (tertiary/aromatic N) is 2. The average molecular weight is 293 g/mol. The lowest BCUT2D eigenvalue weighted by Gasteiger charge is -2.30. The maximum atomic E-state index is 12.0. The van der Waals surface area contributed by atoms with E-state index in [9.17, 15) is 19.7 Å². The molecule has 1 aliphatic rings. The number of aliphatic carboxylic acids is 1. The zero-order valence-corrected chi connectivity index (χ0v) is 11.2. The van der Waals surface area contributed by atoms with Gasteiger partial charge in [-0.2, -0.15) is 0 Å². The van der Waals surface area contributed by atoms with Crippen LogP contribution in [0.25, 0.3) is 0 Å². The van der Waals surface area contributed by atoms with Gasteiger partial charge in [0.15, 0.2) is 0 Å². The molecule has 0 unspecified atom stereocenters. The summed E-state index contributed by atoms with van der Waals surface area (Å²) in [7, 11) is 0. The molecule has 0 aliphatic carbocycles. The van der Waals surface area contributed by atoms with E-state index in [0.717, 1.165) is 0 Å². The maximum absolute atomic E-state index is 12.0. The van der Waals surface area contributed by atoms with Gasteiger partial charge in [0.05, 0.1) is 10.8 Å². The van der Waals surface area contributed by atoms with Crippen LogP contribution in [0.2, 0.25) is 0 Å². The minimum atomic E-state index is -0.828. The second-order valence-corrected chi connectivity index (χ2v) is 4.83. The van der Waals surface area contributed by atoms with Gasteiger partial charge in [-0.15, -0.1) is 0 Å². The topological polar surface area (TPSA) is 113 Å². The van der Waals surface area contributed by atoms with Crippen LogP contribution in [0.5, 0.6) is 0 Å². The number of benzene rings is 1. The molecule has 0 spiro atoms. The minimum absolute atomic E-state index is 0.0460. The van der Waals surface area contributed by atoms with Crippen LogP contribution >= 0.6 is 0 Å². The third-order valence-corrected chi connectivity index (χ3v) is 3.46. The Morgan fingerprint density at radius 3 is 2.29 bits per heavy atom. The summed E-state index contributed by atoms with van der Waals surface area (Å²) in [6.45, 7) is 0.769. The first-order chi connectivity index (χ1) is 9.97. The summed E-state index contributed by atoms with van der Waals surface area (Å²) in [6, 6.07) is 5.21. The first kappa shape index (κ1) is 14.8. The van der Waals surface area contributed by atoms with E-state index in [0.29, 0.717) is 31.6 Å². The van der Waals surface area contributed by atoms with E-state index < -0.39 is 16.8 Å². The predicted molar refractivity (Wildman–Crippen MR) is 74.0 cm³/mol. The van der Waals surface area contributed by atoms with Crippen molar-refractivity contribution in [3.8, 4) is 0 Å². The quantitative estimate of drug-likeness (QED) is 0.653. The number of carbonyl (C=O) groups excluding carboxylic acids is 1. The second kappa shape index (κ2) is 6.21. The molecule has 8 nitrogen and oxygen atoms in total. The van der Waals surface area contributed by atoms with Crippen molar-refractivity contribution in [2.45, 2.75) is 12.8 Å². The van der Waals surface area contributed by atoms with Gasteiger partial charge in [0.2, 0.25) is 0 Å². The number of hydrogen-bond donors (Lipinski definition) is 2. The Morgan fingerprint density at radius 1 is 1.24 bits per heavy atom. The van der Waals surface area contributed by atoms with Crippen LogP contribution in [-0.2, 0) is 4.79 Å². The molecule has 0 bridgehead atoms. The Labute approximate surface area is 120 Å². The summed E-state index contributed by atoms with van der Waals surface area (Å²) < 4.78 is 0. The molecule has 1 aliphatic heterocycles. The van der Waals surface area contributed by atoms with Crippen molar-refractivity contribution in [2.24, 2.45) is 5.92 Å². The monoisotopic (exact) mass is 293 g/mol. The molecule has 0 atom stereocenters. The zero-order valence-electron chi connectivity index (χ0n) is 11.2. The average Bonchev–Trinajstić information content (AvgIpc) is 2.47. The number of likely N-dealkylation sites (tertiary alicyclic amines) is 1. The molecule has 1 saturated heterocycles. The molecule has 0 radical (unpaired) electrons. The number of nitrogens with one attached hydrogen (secondary N) is 1. The third kappa shape index (κ3) is 3.68. The van der Waals surface area contributed by atoms with Crippen molar-refractivity contribution in [3.63, 3.8) is 0 Å². The Hall–Kier alpha value is -2.64. The van der Waals surface area contributed by atoms with Gasteiger partial charge in [0, 0.05) is 30.9 Å². The lowest BCUT2D eigenvalue weighted by atomic mass is 9.97. The molecule has 0 aromatic heterocycles. The van der Waals surface area contributed by atoms with Crippen LogP contribution in [0, 0.1) is 16.0 Å². The van der Waals surface area contributed by atoms with Gasteiger partial charge >= 0.3 is 12.0 Å². The Morgan fingerprint density at radius 2 is 1.81 bits per heavy atom. The number of carbonyl (C=O) groups is 2. The lowest BCUT2D eigenvalue weighted by Crippen LogP contribution is -2.42. The number of hydrogen-bond acceptors (Lipinski definition) is 4. The number of nitro groups is 1. The van der Waals surface area contributed by atoms with E-state index in [1.807, 2.05) is 0 Å². The van der Waals surface area contributed by atoms with Crippen LogP contribution < -0.4 is 5.32 Å². The van der Waals surface area contributed by atoms with Crippen LogP contribution in [0.1, 0.15) is 12.8 Å². The molecule has 2 rings (SSSR count). The highest BCUT2D eigenvalue weighted by atomic mass is 16.6. The number of nitro benzene ring substituents is 1. The van der Waals surface area contributed by atoms with Gasteiger partial charge in [-0.05, 0) is 25.0 Å². The first-order valence-corrected chi connectivity index (χ1v) is 6.50. The fourth-order valence-corrected chi connectivity index (χ4v) is 2.20. The molecular formula is C13H15N3O5. The SMILES string of the molecule is O=C(O)C1CCN(C(=O)Nc2ccc([N+](=O)[O-])cc2)CC1. The second-order valence-electron chi connectivity index (χ2n) is 4.83. The maximum Gasteiger partial charge on any atom is 0.321 e. The molecule has 2 amide bonds. The van der Waals surface area contributed by atoms with Gasteiger partial charge in [0.1, 0.15) is 0 Å². The molecular weight excluding hydrogens is 278 g/mol. The van der Waals surface area contributed by atoms with Gasteiger partial charge in [-0.1, -0.05) is 0 Å². The Bertz CT molecular complexity index is 549. The van der Waals surface area contributed by atoms with Gasteiger partial charge in [-0.25, -0.2) is 4.79 Å². The van der Waals surface area contributed by atoms with Crippen LogP contribution in [0.15, 0.2) is 24.3 Å². The van der Waals surface area contributed by atoms with Crippen LogP contribution in [0.3, 0.4) is 0 Å². The number of piperidine rings is 1. The number of carboxylic acid groups (broad SMARTS) is 1. The minimum Gasteiger partial charge on any atom is -0.481 e. The molecule has 2 N–H and O–H groups in total. The zero-order chi connectivity index (χ0) is 15.4. The number of anilines is 1. The van der Waals surface area contributed by atoms with E-state index in [1.165, 1.54) is 24.3 Å². The summed E-state index contributed by atoms with van der Waals surface area (Å²) in [5, 5.41) is 22.1. The number of urea groups is 1. The molecule has 112 valence electrons. The van der Waals surface area contributed by atoms with Crippen molar-refractivity contribution >= 4 is 23.4 Å². The standard InChI is InChI=1S/C13H15N3O5/c17-12(18)9-5-7-15(8-6-9)13(19)14-10-1-3-11(4-2-10)16(20)21/h1-4,9H,5-8H2,(H,14,19)(H,17,18). The van der Waals surface area contributed by atoms with Crippen molar-refractivity contribution in [1.82, 2.24) is 4.90 Å². The highest BCUT2D eigenvalue weighted by Gasteiger charge is 2.26. The first-order valence-electron chi connectivity index (χ1n) is 6.50. The van der Waals surface area contributed by atoms with Gasteiger partial charge in [0.25, 0.3) is 5.69 Å². The molecule has 1 fully saturated rings. The largest absolute Gasteiger partial charge is 0.481 e. The lowest BCUT2D eigenvalue weighted by molar-refractivity contribution is -0.384. The summed E-state index contributed by atoms with van der Waals surface area (Å²) in [5.41, 5.74) is 0.418. The summed E-state index contributed by atoms with van der Waals surface area (Å²) in [6.07, 6.45) is 0.867. The molecule has 1 aromatic carbocycles. The van der Waals surface area contributed by atoms with E-state index in [1.54, 1.807) is 4.90 Å². The fourth-order valence-electron chi connectivity index (χ4n) is 2.20. The van der Waals surface area contributed by atoms with E-state index in [-0.39, 0.29) is 11.7 Å². The van der Waals surface area contributed by atoms with Gasteiger partial charge in [-0.3, -0.25) is 14.9 Å². The van der Waals surface area contributed by atoms with Crippen molar-refractivity contribution < 1.29 is 19.6 Å². The van der Waals surface area contributed by atoms with Gasteiger partial charge < -0.3 is 15.3 Å². The van der Waals surface area contributed by atoms with Crippen LogP contribution in [0.4, 0.5) is 16.2 Å². The number of rotatable bonds is 3. The normalized spacial score (nSPS) is 15.5. The number of non-ortho nitro benzene ring substituents is 1. The third-order valence-electron chi connectivity index (χ3n) is 3.46. The molecule has 1 aromatic rings. The van der Waals surface area contributed by atoms with E-state index >= 15 is 0 Å². The van der Waals surface area contributed by atoms with Crippen molar-refractivity contribution in [1.29, 1.82) is 0 Å². The van der Waals surface area contributed by atoms with Crippen LogP contribution in [-0.4, -0.2) is 40.0 Å².